The van der Waals surface area contributed by atoms with Crippen molar-refractivity contribution in [3.63, 3.8) is 0 Å². The monoisotopic (exact) mass is 329 g/mol. The van der Waals surface area contributed by atoms with Gasteiger partial charge in [-0.15, -0.1) is 11.3 Å². The normalized spacial score (nSPS) is 13.7. The fourth-order valence-electron chi connectivity index (χ4n) is 1.77. The van der Waals surface area contributed by atoms with Gasteiger partial charge in [-0.2, -0.15) is 5.10 Å². The lowest BCUT2D eigenvalue weighted by atomic mass is 10.3. The van der Waals surface area contributed by atoms with Crippen LogP contribution in [0.4, 0.5) is 0 Å². The largest absolute Gasteiger partial charge is 0.310 e. The second-order valence-corrected chi connectivity index (χ2v) is 7.64. The van der Waals surface area contributed by atoms with Gasteiger partial charge in [0.1, 0.15) is 12.2 Å². The third-order valence-corrected chi connectivity index (χ3v) is 5.52. The standard InChI is InChI=1S/C12H19N5O2S2/c1-8(2)13-6-10-11(4-5-20-10)21(18,19)17-9(3)12-14-7-15-16-12/h4-5,7-9,13,17H,6H2,1-3H3,(H,14,15,16). The van der Waals surface area contributed by atoms with Crippen LogP contribution in [0.3, 0.4) is 0 Å². The van der Waals surface area contributed by atoms with Crippen LogP contribution in [0, 0.1) is 0 Å². The lowest BCUT2D eigenvalue weighted by Gasteiger charge is -2.13. The minimum Gasteiger partial charge on any atom is -0.310 e. The summed E-state index contributed by atoms with van der Waals surface area (Å²) in [5.41, 5.74) is 0. The summed E-state index contributed by atoms with van der Waals surface area (Å²) < 4.78 is 27.5. The number of thiophene rings is 1. The Morgan fingerprint density at radius 2 is 2.14 bits per heavy atom. The third kappa shape index (κ3) is 4.10. The van der Waals surface area contributed by atoms with Gasteiger partial charge in [-0.25, -0.2) is 18.1 Å². The fourth-order valence-corrected chi connectivity index (χ4v) is 4.37. The van der Waals surface area contributed by atoms with Gasteiger partial charge in [0.05, 0.1) is 10.9 Å². The first-order chi connectivity index (χ1) is 9.90. The molecule has 1 unspecified atom stereocenters. The molecule has 0 bridgehead atoms. The molecule has 21 heavy (non-hydrogen) atoms. The van der Waals surface area contributed by atoms with E-state index in [2.05, 4.69) is 25.2 Å². The summed E-state index contributed by atoms with van der Waals surface area (Å²) in [5.74, 6) is 0.482. The predicted molar refractivity (Wildman–Crippen MR) is 81.4 cm³/mol. The van der Waals surface area contributed by atoms with Gasteiger partial charge in [0.15, 0.2) is 0 Å². The Bertz CT molecular complexity index is 664. The molecule has 7 nitrogen and oxygen atoms in total. The van der Waals surface area contributed by atoms with Crippen molar-refractivity contribution in [2.24, 2.45) is 0 Å². The molecule has 1 atom stereocenters. The molecule has 0 radical (unpaired) electrons. The van der Waals surface area contributed by atoms with Crippen molar-refractivity contribution in [2.75, 3.05) is 0 Å². The average molecular weight is 329 g/mol. The van der Waals surface area contributed by atoms with E-state index in [0.29, 0.717) is 23.3 Å². The van der Waals surface area contributed by atoms with E-state index in [1.807, 2.05) is 13.8 Å². The van der Waals surface area contributed by atoms with Gasteiger partial charge in [-0.1, -0.05) is 13.8 Å². The predicted octanol–water partition coefficient (Wildman–Crippen LogP) is 1.40. The smallest absolute Gasteiger partial charge is 0.242 e. The van der Waals surface area contributed by atoms with Crippen LogP contribution in [-0.4, -0.2) is 29.6 Å². The Morgan fingerprint density at radius 3 is 2.76 bits per heavy atom. The van der Waals surface area contributed by atoms with Crippen LogP contribution in [0.15, 0.2) is 22.7 Å². The second kappa shape index (κ2) is 6.65. The first-order valence-corrected chi connectivity index (χ1v) is 8.94. The van der Waals surface area contributed by atoms with E-state index >= 15 is 0 Å². The minimum absolute atomic E-state index is 0.295. The van der Waals surface area contributed by atoms with Crippen molar-refractivity contribution in [3.8, 4) is 0 Å². The molecule has 9 heteroatoms. The zero-order valence-corrected chi connectivity index (χ0v) is 13.8. The molecule has 0 saturated carbocycles. The van der Waals surface area contributed by atoms with Crippen LogP contribution in [0.1, 0.15) is 37.5 Å². The molecule has 0 aliphatic rings. The molecule has 116 valence electrons. The number of nitrogens with zero attached hydrogens (tertiary/aromatic N) is 2. The van der Waals surface area contributed by atoms with E-state index in [1.54, 1.807) is 18.4 Å². The maximum Gasteiger partial charge on any atom is 0.242 e. The molecule has 2 aromatic heterocycles. The summed E-state index contributed by atoms with van der Waals surface area (Å²) in [5, 5.41) is 11.4. The van der Waals surface area contributed by atoms with E-state index in [-0.39, 0.29) is 0 Å². The molecule has 0 saturated heterocycles. The van der Waals surface area contributed by atoms with Gasteiger partial charge < -0.3 is 5.32 Å². The molecule has 2 heterocycles. The van der Waals surface area contributed by atoms with Gasteiger partial charge in [0.25, 0.3) is 0 Å². The lowest BCUT2D eigenvalue weighted by Crippen LogP contribution is -2.29. The van der Waals surface area contributed by atoms with Crippen molar-refractivity contribution >= 4 is 21.4 Å². The molecule has 2 rings (SSSR count). The lowest BCUT2D eigenvalue weighted by molar-refractivity contribution is 0.555. The summed E-state index contributed by atoms with van der Waals surface area (Å²) in [6.45, 7) is 6.29. The quantitative estimate of drug-likeness (QED) is 0.713. The van der Waals surface area contributed by atoms with Crippen molar-refractivity contribution in [1.82, 2.24) is 25.2 Å². The second-order valence-electron chi connectivity index (χ2n) is 4.96. The maximum absolute atomic E-state index is 12.5. The summed E-state index contributed by atoms with van der Waals surface area (Å²) in [4.78, 5) is 5.06. The highest BCUT2D eigenvalue weighted by Gasteiger charge is 2.23. The van der Waals surface area contributed by atoms with E-state index < -0.39 is 16.1 Å². The SMILES string of the molecule is CC(C)NCc1sccc1S(=O)(=O)NC(C)c1ncn[nH]1. The molecular formula is C12H19N5O2S2. The molecule has 0 aliphatic carbocycles. The molecular weight excluding hydrogens is 310 g/mol. The van der Waals surface area contributed by atoms with Gasteiger partial charge >= 0.3 is 0 Å². The number of nitrogens with one attached hydrogen (secondary N) is 3. The van der Waals surface area contributed by atoms with E-state index in [4.69, 9.17) is 0 Å². The first kappa shape index (κ1) is 16.1. The Hall–Kier alpha value is -1.29. The zero-order chi connectivity index (χ0) is 15.5. The Morgan fingerprint density at radius 1 is 1.38 bits per heavy atom. The Labute approximate surface area is 128 Å². The molecule has 0 spiro atoms. The Kier molecular flexibility index (Phi) is 5.09. The third-order valence-electron chi connectivity index (χ3n) is 2.84. The van der Waals surface area contributed by atoms with E-state index in [0.717, 1.165) is 4.88 Å². The highest BCUT2D eigenvalue weighted by molar-refractivity contribution is 7.89. The number of rotatable bonds is 7. The average Bonchev–Trinajstić information content (AvgIpc) is 3.07. The van der Waals surface area contributed by atoms with Crippen LogP contribution >= 0.6 is 11.3 Å². The van der Waals surface area contributed by atoms with Gasteiger partial charge in [-0.3, -0.25) is 5.10 Å². The summed E-state index contributed by atoms with van der Waals surface area (Å²) in [6.07, 6.45) is 1.35. The molecule has 2 aromatic rings. The van der Waals surface area contributed by atoms with Crippen LogP contribution in [0.5, 0.6) is 0 Å². The summed E-state index contributed by atoms with van der Waals surface area (Å²) >= 11 is 1.43. The highest BCUT2D eigenvalue weighted by atomic mass is 32.2. The van der Waals surface area contributed by atoms with Crippen molar-refractivity contribution in [3.05, 3.63) is 28.5 Å². The van der Waals surface area contributed by atoms with Gasteiger partial charge in [-0.05, 0) is 18.4 Å². The number of hydrogen-bond acceptors (Lipinski definition) is 6. The maximum atomic E-state index is 12.5. The minimum atomic E-state index is -3.59. The van der Waals surface area contributed by atoms with Crippen molar-refractivity contribution < 1.29 is 8.42 Å². The van der Waals surface area contributed by atoms with Gasteiger partial charge in [0, 0.05) is 17.5 Å². The molecule has 0 fully saturated rings. The van der Waals surface area contributed by atoms with E-state index in [9.17, 15) is 8.42 Å². The van der Waals surface area contributed by atoms with E-state index in [1.165, 1.54) is 17.7 Å². The van der Waals surface area contributed by atoms with Crippen molar-refractivity contribution in [2.45, 2.75) is 44.3 Å². The van der Waals surface area contributed by atoms with Crippen LogP contribution in [0.2, 0.25) is 0 Å². The molecule has 0 amide bonds. The summed E-state index contributed by atoms with van der Waals surface area (Å²) in [6, 6.07) is 1.45. The first-order valence-electron chi connectivity index (χ1n) is 6.57. The highest BCUT2D eigenvalue weighted by Crippen LogP contribution is 2.23. The number of aromatic amines is 1. The van der Waals surface area contributed by atoms with Crippen LogP contribution in [-0.2, 0) is 16.6 Å². The summed E-state index contributed by atoms with van der Waals surface area (Å²) in [7, 11) is -3.59. The number of H-pyrrole nitrogens is 1. The molecule has 3 N–H and O–H groups in total. The fraction of sp³-hybridized carbons (Fsp3) is 0.500. The Balaban J connectivity index is 2.14. The van der Waals surface area contributed by atoms with Gasteiger partial charge in [0.2, 0.25) is 10.0 Å². The number of hydrogen-bond donors (Lipinski definition) is 3. The molecule has 0 aromatic carbocycles. The zero-order valence-electron chi connectivity index (χ0n) is 12.1. The number of aromatic nitrogens is 3. The van der Waals surface area contributed by atoms with Crippen LogP contribution in [0.25, 0.3) is 0 Å². The topological polar surface area (TPSA) is 99.8 Å². The van der Waals surface area contributed by atoms with Crippen molar-refractivity contribution in [1.29, 1.82) is 0 Å². The van der Waals surface area contributed by atoms with Crippen LogP contribution < -0.4 is 10.0 Å². The number of sulfonamides is 1. The molecule has 0 aliphatic heterocycles.